The molecule has 4 nitrogen and oxygen atoms in total. The molecule has 116 valence electrons. The van der Waals surface area contributed by atoms with Crippen LogP contribution in [0.3, 0.4) is 0 Å². The standard InChI is InChI=1S/C18H15ClN2O2/c1-2-23-18(22)16-12-21-11-14(7-10-17(21)20-16)4-3-13-5-8-15(19)9-6-13/h3-12H,2H2,1H3/b4-3+. The number of carbonyl (C=O) groups is 1. The fourth-order valence-corrected chi connectivity index (χ4v) is 2.30. The molecule has 0 spiro atoms. The van der Waals surface area contributed by atoms with Gasteiger partial charge in [0.05, 0.1) is 6.61 Å². The second kappa shape index (κ2) is 6.67. The zero-order valence-electron chi connectivity index (χ0n) is 12.6. The van der Waals surface area contributed by atoms with Crippen LogP contribution in [-0.4, -0.2) is 22.0 Å². The van der Waals surface area contributed by atoms with Gasteiger partial charge in [-0.1, -0.05) is 35.9 Å². The molecule has 3 rings (SSSR count). The highest BCUT2D eigenvalue weighted by atomic mass is 35.5. The fourth-order valence-electron chi connectivity index (χ4n) is 2.18. The molecule has 0 saturated heterocycles. The van der Waals surface area contributed by atoms with Gasteiger partial charge in [-0.25, -0.2) is 9.78 Å². The predicted molar refractivity (Wildman–Crippen MR) is 91.5 cm³/mol. The van der Waals surface area contributed by atoms with Crippen molar-refractivity contribution in [2.75, 3.05) is 6.61 Å². The molecule has 0 aliphatic carbocycles. The van der Waals surface area contributed by atoms with Gasteiger partial charge >= 0.3 is 5.97 Å². The highest BCUT2D eigenvalue weighted by Gasteiger charge is 2.11. The number of rotatable bonds is 4. The summed E-state index contributed by atoms with van der Waals surface area (Å²) in [6.45, 7) is 2.11. The Morgan fingerprint density at radius 1 is 1.13 bits per heavy atom. The normalized spacial score (nSPS) is 11.2. The Labute approximate surface area is 139 Å². The number of pyridine rings is 1. The number of carbonyl (C=O) groups excluding carboxylic acids is 1. The van der Waals surface area contributed by atoms with Gasteiger partial charge in [0, 0.05) is 17.4 Å². The minimum absolute atomic E-state index is 0.311. The fraction of sp³-hybridized carbons (Fsp3) is 0.111. The smallest absolute Gasteiger partial charge is 0.358 e. The third-order valence-corrected chi connectivity index (χ3v) is 3.55. The lowest BCUT2D eigenvalue weighted by Crippen LogP contribution is -2.04. The molecule has 0 bridgehead atoms. The number of benzene rings is 1. The molecule has 0 aliphatic heterocycles. The van der Waals surface area contributed by atoms with E-state index in [0.29, 0.717) is 23.0 Å². The average molecular weight is 327 g/mol. The summed E-state index contributed by atoms with van der Waals surface area (Å²) in [5.41, 5.74) is 3.08. The van der Waals surface area contributed by atoms with Gasteiger partial charge in [-0.15, -0.1) is 0 Å². The number of hydrogen-bond acceptors (Lipinski definition) is 3. The van der Waals surface area contributed by atoms with Crippen LogP contribution < -0.4 is 0 Å². The lowest BCUT2D eigenvalue weighted by molar-refractivity contribution is 0.0520. The molecule has 0 aliphatic rings. The Bertz CT molecular complexity index is 866. The molecule has 0 amide bonds. The van der Waals surface area contributed by atoms with Crippen LogP contribution in [0.1, 0.15) is 28.5 Å². The van der Waals surface area contributed by atoms with Gasteiger partial charge in [0.1, 0.15) is 5.65 Å². The van der Waals surface area contributed by atoms with Gasteiger partial charge in [0.25, 0.3) is 0 Å². The van der Waals surface area contributed by atoms with Crippen LogP contribution in [0.4, 0.5) is 0 Å². The molecule has 2 heterocycles. The maximum Gasteiger partial charge on any atom is 0.358 e. The SMILES string of the molecule is CCOC(=O)c1cn2cc(/C=C/c3ccc(Cl)cc3)ccc2n1. The first-order valence-electron chi connectivity index (χ1n) is 7.25. The predicted octanol–water partition coefficient (Wildman–Crippen LogP) is 4.33. The van der Waals surface area contributed by atoms with Crippen LogP contribution in [0.15, 0.2) is 48.8 Å². The minimum atomic E-state index is -0.408. The van der Waals surface area contributed by atoms with Crippen LogP contribution in [0.5, 0.6) is 0 Å². The van der Waals surface area contributed by atoms with E-state index in [4.69, 9.17) is 16.3 Å². The molecular formula is C18H15ClN2O2. The first-order chi connectivity index (χ1) is 11.2. The van der Waals surface area contributed by atoms with Gasteiger partial charge in [-0.05, 0) is 42.3 Å². The quantitative estimate of drug-likeness (QED) is 0.670. The van der Waals surface area contributed by atoms with Crippen LogP contribution in [-0.2, 0) is 4.74 Å². The Balaban J connectivity index is 1.84. The van der Waals surface area contributed by atoms with Crippen molar-refractivity contribution < 1.29 is 9.53 Å². The van der Waals surface area contributed by atoms with Gasteiger partial charge in [-0.2, -0.15) is 0 Å². The van der Waals surface area contributed by atoms with Crippen LogP contribution in [0, 0.1) is 0 Å². The third kappa shape index (κ3) is 3.60. The number of hydrogen-bond donors (Lipinski definition) is 0. The summed E-state index contributed by atoms with van der Waals surface area (Å²) < 4.78 is 6.78. The number of ether oxygens (including phenoxy) is 1. The number of fused-ring (bicyclic) bond motifs is 1. The van der Waals surface area contributed by atoms with Crippen LogP contribution >= 0.6 is 11.6 Å². The third-order valence-electron chi connectivity index (χ3n) is 3.30. The Morgan fingerprint density at radius 2 is 1.83 bits per heavy atom. The molecule has 2 aromatic heterocycles. The van der Waals surface area contributed by atoms with Crippen molar-refractivity contribution in [2.24, 2.45) is 0 Å². The summed E-state index contributed by atoms with van der Waals surface area (Å²) in [6, 6.07) is 11.4. The largest absolute Gasteiger partial charge is 0.461 e. The molecule has 3 aromatic rings. The Kier molecular flexibility index (Phi) is 4.44. The van der Waals surface area contributed by atoms with Crippen LogP contribution in [0.2, 0.25) is 5.02 Å². The maximum atomic E-state index is 11.7. The van der Waals surface area contributed by atoms with E-state index in [1.165, 1.54) is 0 Å². The summed E-state index contributed by atoms with van der Waals surface area (Å²) in [5.74, 6) is -0.408. The van der Waals surface area contributed by atoms with Crippen LogP contribution in [0.25, 0.3) is 17.8 Å². The molecule has 0 saturated carbocycles. The first kappa shape index (κ1) is 15.3. The summed E-state index contributed by atoms with van der Waals surface area (Å²) in [4.78, 5) is 16.0. The highest BCUT2D eigenvalue weighted by molar-refractivity contribution is 6.30. The molecule has 1 aromatic carbocycles. The second-order valence-electron chi connectivity index (χ2n) is 4.96. The molecule has 0 radical (unpaired) electrons. The summed E-state index contributed by atoms with van der Waals surface area (Å²) in [6.07, 6.45) is 7.58. The van der Waals surface area contributed by atoms with Crippen molar-refractivity contribution >= 4 is 35.4 Å². The molecule has 0 atom stereocenters. The van der Waals surface area contributed by atoms with Crippen molar-refractivity contribution in [1.29, 1.82) is 0 Å². The first-order valence-corrected chi connectivity index (χ1v) is 7.63. The van der Waals surface area contributed by atoms with E-state index >= 15 is 0 Å². The summed E-state index contributed by atoms with van der Waals surface area (Å²) in [5, 5.41) is 0.716. The van der Waals surface area contributed by atoms with Crippen molar-refractivity contribution in [3.8, 4) is 0 Å². The van der Waals surface area contributed by atoms with Crippen molar-refractivity contribution in [1.82, 2.24) is 9.38 Å². The number of esters is 1. The van der Waals surface area contributed by atoms with E-state index in [0.717, 1.165) is 11.1 Å². The monoisotopic (exact) mass is 326 g/mol. The minimum Gasteiger partial charge on any atom is -0.461 e. The Morgan fingerprint density at radius 3 is 2.57 bits per heavy atom. The van der Waals surface area contributed by atoms with Gasteiger partial charge in [0.15, 0.2) is 5.69 Å². The Hall–Kier alpha value is -2.59. The average Bonchev–Trinajstić information content (AvgIpc) is 2.98. The zero-order valence-corrected chi connectivity index (χ0v) is 13.3. The summed E-state index contributed by atoms with van der Waals surface area (Å²) >= 11 is 5.87. The van der Waals surface area contributed by atoms with Crippen molar-refractivity contribution in [3.05, 3.63) is 70.6 Å². The van der Waals surface area contributed by atoms with Gasteiger partial charge in [0.2, 0.25) is 0 Å². The number of halogens is 1. The molecule has 0 fully saturated rings. The van der Waals surface area contributed by atoms with Crippen molar-refractivity contribution in [3.63, 3.8) is 0 Å². The molecule has 0 N–H and O–H groups in total. The van der Waals surface area contributed by atoms with Crippen molar-refractivity contribution in [2.45, 2.75) is 6.92 Å². The molecule has 0 unspecified atom stereocenters. The van der Waals surface area contributed by atoms with E-state index in [1.54, 1.807) is 13.1 Å². The van der Waals surface area contributed by atoms with E-state index in [9.17, 15) is 4.79 Å². The molecular weight excluding hydrogens is 312 g/mol. The van der Waals surface area contributed by atoms with Gasteiger partial charge in [-0.3, -0.25) is 0 Å². The molecule has 23 heavy (non-hydrogen) atoms. The van der Waals surface area contributed by atoms with E-state index in [2.05, 4.69) is 4.98 Å². The number of aromatic nitrogens is 2. The topological polar surface area (TPSA) is 43.6 Å². The maximum absolute atomic E-state index is 11.7. The lowest BCUT2D eigenvalue weighted by Gasteiger charge is -1.97. The van der Waals surface area contributed by atoms with E-state index in [-0.39, 0.29) is 0 Å². The molecule has 5 heteroatoms. The number of nitrogens with zero attached hydrogens (tertiary/aromatic N) is 2. The zero-order chi connectivity index (χ0) is 16.2. The highest BCUT2D eigenvalue weighted by Crippen LogP contribution is 2.14. The second-order valence-corrected chi connectivity index (χ2v) is 5.40. The summed E-state index contributed by atoms with van der Waals surface area (Å²) in [7, 11) is 0. The van der Waals surface area contributed by atoms with Gasteiger partial charge < -0.3 is 9.14 Å². The number of imidazole rings is 1. The lowest BCUT2D eigenvalue weighted by atomic mass is 10.2. The van der Waals surface area contributed by atoms with E-state index in [1.807, 2.05) is 59.1 Å². The van der Waals surface area contributed by atoms with E-state index < -0.39 is 5.97 Å².